The standard InChI is InChI=1S/C23H27N5O/c1-16-21-20(8-13-24-16)28(17(2)25-21)19-9-14-27(15-10-19)22(29)26-23(11-12-23)18-6-4-3-5-7-18/h3-8,13,19H,9-12,14-15H2,1-2H3,(H,26,29). The van der Waals surface area contributed by atoms with Crippen molar-refractivity contribution in [1.29, 1.82) is 0 Å². The quantitative estimate of drug-likeness (QED) is 0.734. The molecular formula is C23H27N5O. The molecule has 3 aromatic rings. The van der Waals surface area contributed by atoms with Gasteiger partial charge < -0.3 is 14.8 Å². The summed E-state index contributed by atoms with van der Waals surface area (Å²) >= 11 is 0. The number of imidazole rings is 1. The highest BCUT2D eigenvalue weighted by molar-refractivity contribution is 5.78. The second-order valence-corrected chi connectivity index (χ2v) is 8.39. The predicted octanol–water partition coefficient (Wildman–Crippen LogP) is 4.08. The summed E-state index contributed by atoms with van der Waals surface area (Å²) in [5.41, 5.74) is 4.17. The first kappa shape index (κ1) is 18.2. The molecule has 1 aliphatic heterocycles. The summed E-state index contributed by atoms with van der Waals surface area (Å²) in [5, 5.41) is 3.31. The number of nitrogens with one attached hydrogen (secondary N) is 1. The van der Waals surface area contributed by atoms with Crippen LogP contribution in [-0.2, 0) is 5.54 Å². The third-order valence-electron chi connectivity index (χ3n) is 6.51. The number of amides is 2. The van der Waals surface area contributed by atoms with Crippen LogP contribution in [0.2, 0.25) is 0 Å². The number of likely N-dealkylation sites (tertiary alicyclic amines) is 1. The average Bonchev–Trinajstić information content (AvgIpc) is 3.44. The number of hydrogen-bond acceptors (Lipinski definition) is 3. The molecule has 1 saturated heterocycles. The van der Waals surface area contributed by atoms with Gasteiger partial charge in [0, 0.05) is 25.3 Å². The van der Waals surface area contributed by atoms with Crippen LogP contribution < -0.4 is 5.32 Å². The van der Waals surface area contributed by atoms with Crippen molar-refractivity contribution >= 4 is 17.1 Å². The minimum atomic E-state index is -0.156. The Kier molecular flexibility index (Phi) is 4.30. The molecule has 3 heterocycles. The number of pyridine rings is 1. The largest absolute Gasteiger partial charge is 0.328 e. The lowest BCUT2D eigenvalue weighted by atomic mass is 10.0. The molecule has 0 bridgehead atoms. The van der Waals surface area contributed by atoms with Gasteiger partial charge in [-0.25, -0.2) is 9.78 Å². The van der Waals surface area contributed by atoms with Gasteiger partial charge in [0.25, 0.3) is 0 Å². The first-order valence-corrected chi connectivity index (χ1v) is 10.5. The third kappa shape index (κ3) is 3.16. The number of urea groups is 1. The molecule has 0 spiro atoms. The van der Waals surface area contributed by atoms with Gasteiger partial charge in [-0.15, -0.1) is 0 Å². The molecule has 2 fully saturated rings. The molecule has 1 aromatic carbocycles. The van der Waals surface area contributed by atoms with Crippen LogP contribution in [0.1, 0.15) is 48.8 Å². The number of carbonyl (C=O) groups is 1. The monoisotopic (exact) mass is 389 g/mol. The molecule has 1 aliphatic carbocycles. The van der Waals surface area contributed by atoms with E-state index >= 15 is 0 Å². The van der Waals surface area contributed by atoms with E-state index in [1.165, 1.54) is 5.56 Å². The summed E-state index contributed by atoms with van der Waals surface area (Å²) in [5.74, 6) is 1.03. The van der Waals surface area contributed by atoms with Crippen molar-refractivity contribution in [3.05, 3.63) is 59.7 Å². The summed E-state index contributed by atoms with van der Waals surface area (Å²) in [6.07, 6.45) is 5.79. The van der Waals surface area contributed by atoms with Gasteiger partial charge in [-0.3, -0.25) is 4.98 Å². The smallest absolute Gasteiger partial charge is 0.318 e. The Labute approximate surface area is 171 Å². The van der Waals surface area contributed by atoms with Crippen molar-refractivity contribution in [2.75, 3.05) is 13.1 Å². The van der Waals surface area contributed by atoms with Crippen LogP contribution >= 0.6 is 0 Å². The SMILES string of the molecule is Cc1nccc2c1nc(C)n2C1CCN(C(=O)NC2(c3ccccc3)CC2)CC1. The lowest BCUT2D eigenvalue weighted by Gasteiger charge is -2.34. The summed E-state index contributed by atoms with van der Waals surface area (Å²) in [6.45, 7) is 5.61. The van der Waals surface area contributed by atoms with E-state index in [4.69, 9.17) is 4.98 Å². The molecular weight excluding hydrogens is 362 g/mol. The average molecular weight is 390 g/mol. The topological polar surface area (TPSA) is 63.1 Å². The van der Waals surface area contributed by atoms with E-state index < -0.39 is 0 Å². The molecule has 29 heavy (non-hydrogen) atoms. The lowest BCUT2D eigenvalue weighted by Crippen LogP contribution is -2.48. The second kappa shape index (κ2) is 6.87. The van der Waals surface area contributed by atoms with Crippen molar-refractivity contribution < 1.29 is 4.79 Å². The van der Waals surface area contributed by atoms with E-state index in [1.54, 1.807) is 0 Å². The Hall–Kier alpha value is -2.89. The number of benzene rings is 1. The number of aromatic nitrogens is 3. The summed E-state index contributed by atoms with van der Waals surface area (Å²) in [7, 11) is 0. The summed E-state index contributed by atoms with van der Waals surface area (Å²) in [6, 6.07) is 12.8. The molecule has 150 valence electrons. The zero-order valence-electron chi connectivity index (χ0n) is 17.1. The zero-order chi connectivity index (χ0) is 20.0. The minimum Gasteiger partial charge on any atom is -0.328 e. The fourth-order valence-corrected chi connectivity index (χ4v) is 4.71. The molecule has 0 radical (unpaired) electrons. The van der Waals surface area contributed by atoms with Crippen LogP contribution in [0.15, 0.2) is 42.6 Å². The van der Waals surface area contributed by atoms with Crippen molar-refractivity contribution in [2.24, 2.45) is 0 Å². The molecule has 2 amide bonds. The van der Waals surface area contributed by atoms with Gasteiger partial charge in [0.15, 0.2) is 0 Å². The molecule has 2 aromatic heterocycles. The molecule has 1 saturated carbocycles. The van der Waals surface area contributed by atoms with Gasteiger partial charge >= 0.3 is 6.03 Å². The van der Waals surface area contributed by atoms with Gasteiger partial charge in [0.05, 0.1) is 16.7 Å². The van der Waals surface area contributed by atoms with Crippen LogP contribution in [-0.4, -0.2) is 38.6 Å². The molecule has 6 nitrogen and oxygen atoms in total. The van der Waals surface area contributed by atoms with Crippen molar-refractivity contribution in [3.63, 3.8) is 0 Å². The normalized spacial score (nSPS) is 18.8. The first-order chi connectivity index (χ1) is 14.1. The Balaban J connectivity index is 1.27. The van der Waals surface area contributed by atoms with Gasteiger partial charge in [0.1, 0.15) is 11.3 Å². The third-order valence-corrected chi connectivity index (χ3v) is 6.51. The Morgan fingerprint density at radius 3 is 2.52 bits per heavy atom. The van der Waals surface area contributed by atoms with Crippen molar-refractivity contribution in [3.8, 4) is 0 Å². The summed E-state index contributed by atoms with van der Waals surface area (Å²) in [4.78, 5) is 24.0. The number of rotatable bonds is 3. The Morgan fingerprint density at radius 2 is 1.83 bits per heavy atom. The van der Waals surface area contributed by atoms with Gasteiger partial charge in [0.2, 0.25) is 0 Å². The van der Waals surface area contributed by atoms with Crippen LogP contribution in [0.3, 0.4) is 0 Å². The van der Waals surface area contributed by atoms with Gasteiger partial charge in [-0.2, -0.15) is 0 Å². The highest BCUT2D eigenvalue weighted by Crippen LogP contribution is 2.45. The maximum Gasteiger partial charge on any atom is 0.318 e. The molecule has 5 rings (SSSR count). The fraction of sp³-hybridized carbons (Fsp3) is 0.435. The molecule has 1 N–H and O–H groups in total. The van der Waals surface area contributed by atoms with Gasteiger partial charge in [-0.1, -0.05) is 30.3 Å². The number of carbonyl (C=O) groups excluding carboxylic acids is 1. The van der Waals surface area contributed by atoms with Crippen LogP contribution in [0, 0.1) is 13.8 Å². The van der Waals surface area contributed by atoms with E-state index in [1.807, 2.05) is 36.2 Å². The Bertz CT molecular complexity index is 1050. The highest BCUT2D eigenvalue weighted by atomic mass is 16.2. The molecule has 6 heteroatoms. The van der Waals surface area contributed by atoms with Crippen LogP contribution in [0.4, 0.5) is 4.79 Å². The van der Waals surface area contributed by atoms with Crippen molar-refractivity contribution in [1.82, 2.24) is 24.8 Å². The number of fused-ring (bicyclic) bond motifs is 1. The zero-order valence-corrected chi connectivity index (χ0v) is 17.1. The fourth-order valence-electron chi connectivity index (χ4n) is 4.71. The second-order valence-electron chi connectivity index (χ2n) is 8.39. The number of hydrogen-bond donors (Lipinski definition) is 1. The highest BCUT2D eigenvalue weighted by Gasteiger charge is 2.46. The van der Waals surface area contributed by atoms with E-state index in [-0.39, 0.29) is 11.6 Å². The molecule has 0 unspecified atom stereocenters. The predicted molar refractivity (Wildman–Crippen MR) is 113 cm³/mol. The van der Waals surface area contributed by atoms with Gasteiger partial charge in [-0.05, 0) is 51.2 Å². The summed E-state index contributed by atoms with van der Waals surface area (Å²) < 4.78 is 2.34. The molecule has 0 atom stereocenters. The number of nitrogens with zero attached hydrogens (tertiary/aromatic N) is 4. The lowest BCUT2D eigenvalue weighted by molar-refractivity contribution is 0.167. The number of piperidine rings is 1. The van der Waals surface area contributed by atoms with Crippen LogP contribution in [0.5, 0.6) is 0 Å². The number of aryl methyl sites for hydroxylation is 2. The van der Waals surface area contributed by atoms with E-state index in [9.17, 15) is 4.79 Å². The van der Waals surface area contributed by atoms with E-state index in [0.29, 0.717) is 6.04 Å². The van der Waals surface area contributed by atoms with Crippen molar-refractivity contribution in [2.45, 2.75) is 51.1 Å². The first-order valence-electron chi connectivity index (χ1n) is 10.5. The Morgan fingerprint density at radius 1 is 1.10 bits per heavy atom. The maximum absolute atomic E-state index is 12.9. The van der Waals surface area contributed by atoms with E-state index in [2.05, 4.69) is 40.0 Å². The minimum absolute atomic E-state index is 0.0667. The van der Waals surface area contributed by atoms with E-state index in [0.717, 1.165) is 61.3 Å². The van der Waals surface area contributed by atoms with Crippen LogP contribution in [0.25, 0.3) is 11.0 Å². The maximum atomic E-state index is 12.9. The molecule has 2 aliphatic rings.